The summed E-state index contributed by atoms with van der Waals surface area (Å²) in [6.45, 7) is 26.1. The minimum absolute atomic E-state index is 0. The zero-order valence-electron chi connectivity index (χ0n) is 30.5. The third kappa shape index (κ3) is 28.2. The molecule has 294 valence electrons. The molecule has 0 aromatic rings. The van der Waals surface area contributed by atoms with Crippen LogP contribution in [0.1, 0.15) is 92.9 Å². The predicted molar refractivity (Wildman–Crippen MR) is 202 cm³/mol. The van der Waals surface area contributed by atoms with Crippen LogP contribution in [0.5, 0.6) is 0 Å². The van der Waals surface area contributed by atoms with Gasteiger partial charge in [-0.3, -0.25) is 9.59 Å². The number of hydrogen-bond acceptors (Lipinski definition) is 10. The topological polar surface area (TPSA) is 101 Å². The van der Waals surface area contributed by atoms with E-state index in [4.69, 9.17) is 19.8 Å². The van der Waals surface area contributed by atoms with Gasteiger partial charge in [0.15, 0.2) is 0 Å². The average Bonchev–Trinajstić information content (AvgIpc) is 3.87. The molecular formula is C34H60Br2N8O4Pt2. The van der Waals surface area contributed by atoms with Gasteiger partial charge in [-0.2, -0.15) is 26.7 Å². The van der Waals surface area contributed by atoms with Crippen molar-refractivity contribution in [1.82, 2.24) is 39.2 Å². The maximum Gasteiger partial charge on any atom is 2.00 e. The maximum absolute atomic E-state index is 9.00. The molecule has 0 saturated carbocycles. The number of unbranched alkanes of at least 4 members (excludes halogenated alkanes) is 4. The van der Waals surface area contributed by atoms with Crippen LogP contribution in [0.2, 0.25) is 0 Å². The first kappa shape index (κ1) is 50.7. The molecule has 2 N–H and O–H groups in total. The largest absolute Gasteiger partial charge is 2.00 e. The summed E-state index contributed by atoms with van der Waals surface area (Å²) >= 11 is 6.56. The van der Waals surface area contributed by atoms with Gasteiger partial charge >= 0.3 is 62.1 Å². The van der Waals surface area contributed by atoms with Gasteiger partial charge in [0, 0.05) is 27.2 Å². The molecule has 0 aromatic carbocycles. The van der Waals surface area contributed by atoms with Crippen molar-refractivity contribution in [3.05, 3.63) is 76.3 Å². The molecule has 4 rings (SSSR count). The summed E-state index contributed by atoms with van der Waals surface area (Å²) in [5, 5.41) is 14.8. The Morgan fingerprint density at radius 1 is 0.500 bits per heavy atom. The van der Waals surface area contributed by atoms with Gasteiger partial charge in [-0.25, -0.2) is 0 Å². The van der Waals surface area contributed by atoms with E-state index in [1.54, 1.807) is 0 Å². The van der Waals surface area contributed by atoms with Gasteiger partial charge in [0.25, 0.3) is 11.9 Å². The Morgan fingerprint density at radius 2 is 0.660 bits per heavy atom. The molecule has 0 spiro atoms. The van der Waals surface area contributed by atoms with E-state index in [9.17, 15) is 0 Å². The molecule has 0 fully saturated rings. The van der Waals surface area contributed by atoms with Crippen molar-refractivity contribution in [2.75, 3.05) is 39.5 Å². The van der Waals surface area contributed by atoms with Gasteiger partial charge in [0.1, 0.15) is 0 Å². The quantitative estimate of drug-likeness (QED) is 0.148. The van der Waals surface area contributed by atoms with E-state index < -0.39 is 11.9 Å². The smallest absolute Gasteiger partial charge is 2.00 e. The van der Waals surface area contributed by atoms with Gasteiger partial charge in [0.05, 0.1) is 0 Å². The van der Waals surface area contributed by atoms with Crippen LogP contribution < -0.4 is 0 Å². The molecular weight excluding hydrogens is 1130 g/mol. The standard InChI is InChI=1S/2C15H26N4.2C2H4O2.2BrH.2Pt/c2*1-3-5-7-16-9-11-18(13-16)15-19-12-10-17(14-19)8-6-4-2;2*1-2(3)4;;;;/h2*9-14H,3-8,15H2,1-2H3;2*1H3,(H,3,4);2*1H;;/q2*-2;;;;;+2;+4/p-2. The van der Waals surface area contributed by atoms with E-state index in [1.807, 2.05) is 0 Å². The van der Waals surface area contributed by atoms with Gasteiger partial charge in [-0.15, -0.1) is 0 Å². The molecule has 12 nitrogen and oxygen atoms in total. The van der Waals surface area contributed by atoms with Crippen LogP contribution in [0.4, 0.5) is 0 Å². The van der Waals surface area contributed by atoms with Crippen molar-refractivity contribution in [3.63, 3.8) is 0 Å². The molecule has 50 heavy (non-hydrogen) atoms. The Hall–Kier alpha value is -1.36. The molecule has 0 amide bonds. The maximum atomic E-state index is 9.00. The Bertz CT molecular complexity index is 842. The monoisotopic (exact) mass is 1190 g/mol. The van der Waals surface area contributed by atoms with E-state index in [0.29, 0.717) is 0 Å². The zero-order chi connectivity index (χ0) is 36.9. The Kier molecular flexibility index (Phi) is 34.0. The number of halogens is 2. The summed E-state index contributed by atoms with van der Waals surface area (Å²) in [5.41, 5.74) is 0. The first-order valence-electron chi connectivity index (χ1n) is 16.9. The van der Waals surface area contributed by atoms with Gasteiger partial charge < -0.3 is 49.4 Å². The number of nitrogens with zero attached hydrogens (tertiary/aromatic N) is 8. The van der Waals surface area contributed by atoms with Gasteiger partial charge in [0.2, 0.25) is 0 Å². The molecule has 0 aliphatic carbocycles. The van der Waals surface area contributed by atoms with Crippen molar-refractivity contribution in [2.45, 2.75) is 92.9 Å². The number of carbonyl (C=O) groups is 2. The van der Waals surface area contributed by atoms with Crippen LogP contribution in [0, 0.1) is 26.7 Å². The van der Waals surface area contributed by atoms with Crippen LogP contribution >= 0.6 is 26.6 Å². The molecule has 0 radical (unpaired) electrons. The second kappa shape index (κ2) is 33.5. The van der Waals surface area contributed by atoms with Crippen LogP contribution in [0.15, 0.2) is 49.6 Å². The Labute approximate surface area is 339 Å². The first-order chi connectivity index (χ1) is 23.5. The van der Waals surface area contributed by atoms with Crippen LogP contribution in [-0.2, 0) is 45.1 Å². The molecule has 0 atom stereocenters. The zero-order valence-corrected chi connectivity index (χ0v) is 38.2. The van der Waals surface area contributed by atoms with E-state index in [0.717, 1.165) is 53.4 Å². The van der Waals surface area contributed by atoms with E-state index >= 15 is 0 Å². The van der Waals surface area contributed by atoms with Gasteiger partial charge in [-0.1, -0.05) is 53.4 Å². The summed E-state index contributed by atoms with van der Waals surface area (Å²) in [6, 6.07) is 0. The average molecular weight is 1190 g/mol. The summed E-state index contributed by atoms with van der Waals surface area (Å²) in [6.07, 6.45) is 27.2. The van der Waals surface area contributed by atoms with E-state index in [-0.39, 0.29) is 35.5 Å². The normalized spacial score (nSPS) is 15.3. The van der Waals surface area contributed by atoms with Crippen molar-refractivity contribution in [3.8, 4) is 0 Å². The van der Waals surface area contributed by atoms with Crippen molar-refractivity contribution < 1.29 is 55.3 Å². The fourth-order valence-electron chi connectivity index (χ4n) is 4.36. The second-order valence-corrected chi connectivity index (χ2v) is 21.4. The van der Waals surface area contributed by atoms with Crippen molar-refractivity contribution in [1.29, 1.82) is 0 Å². The molecule has 4 heterocycles. The molecule has 4 aliphatic rings. The predicted octanol–water partition coefficient (Wildman–Crippen LogP) is 7.79. The number of aliphatic carboxylic acids is 2. The fourth-order valence-corrected chi connectivity index (χ4v) is 4.36. The molecule has 0 saturated heterocycles. The summed E-state index contributed by atoms with van der Waals surface area (Å²) in [7, 11) is 0. The summed E-state index contributed by atoms with van der Waals surface area (Å²) in [4.78, 5) is 35.9. The van der Waals surface area contributed by atoms with Crippen molar-refractivity contribution in [2.24, 2.45) is 0 Å². The van der Waals surface area contributed by atoms with Crippen LogP contribution in [0.25, 0.3) is 0 Å². The fraction of sp³-hybridized carbons (Fsp3) is 0.588. The third-order valence-electron chi connectivity index (χ3n) is 6.72. The molecule has 0 aromatic heterocycles. The minimum Gasteiger partial charge on any atom is 2.00 e. The minimum atomic E-state index is -0.833. The van der Waals surface area contributed by atoms with Crippen molar-refractivity contribution >= 4 is 38.5 Å². The molecule has 16 heteroatoms. The summed E-state index contributed by atoms with van der Waals surface area (Å²) < 4.78 is 0. The number of carboxylic acids is 2. The summed E-state index contributed by atoms with van der Waals surface area (Å²) in [5.74, 6) is -1.67. The number of rotatable bonds is 16. The Morgan fingerprint density at radius 3 is 0.820 bits per heavy atom. The second-order valence-electron chi connectivity index (χ2n) is 11.4. The third-order valence-corrected chi connectivity index (χ3v) is 6.72. The molecule has 0 unspecified atom stereocenters. The Balaban J connectivity index is 0. The van der Waals surface area contributed by atoms with Gasteiger partial charge in [-0.05, 0) is 101 Å². The van der Waals surface area contributed by atoms with E-state index in [1.165, 1.54) is 51.4 Å². The SMILES string of the molecule is CC(=O)O.CC(=O)O.CCCCN1C=CN(CN2C=CN(CCCC)[CH-]2)[CH-]1.CCCCN1C=CN(CN2C=CN(CCCC)[CH-]2)[CH-]1.[Br][Pt+2][Br].[Pt+2]. The number of hydrogen-bond donors (Lipinski definition) is 2. The first-order valence-corrected chi connectivity index (χ1v) is 26.8. The number of carboxylic acid groups (broad SMARTS) is 2. The van der Waals surface area contributed by atoms with Crippen LogP contribution in [-0.4, -0.2) is 101 Å². The van der Waals surface area contributed by atoms with E-state index in [2.05, 4.69) is 170 Å². The van der Waals surface area contributed by atoms with Crippen LogP contribution in [0.3, 0.4) is 0 Å². The molecule has 4 aliphatic heterocycles. The molecule has 0 bridgehead atoms.